The average molecular weight is 200 g/mol. The van der Waals surface area contributed by atoms with E-state index in [1.54, 1.807) is 0 Å². The van der Waals surface area contributed by atoms with Crippen molar-refractivity contribution in [2.24, 2.45) is 0 Å². The Hall–Kier alpha value is -1.30. The SMILES string of the molecule is CC/C=C/CC/C=C/Cc1ccccc1. The molecule has 0 aliphatic carbocycles. The summed E-state index contributed by atoms with van der Waals surface area (Å²) in [5.74, 6) is 0. The first-order valence-corrected chi connectivity index (χ1v) is 5.77. The van der Waals surface area contributed by atoms with Crippen LogP contribution in [0.4, 0.5) is 0 Å². The van der Waals surface area contributed by atoms with Gasteiger partial charge in [-0.25, -0.2) is 0 Å². The third kappa shape index (κ3) is 5.90. The predicted molar refractivity (Wildman–Crippen MR) is 68.0 cm³/mol. The summed E-state index contributed by atoms with van der Waals surface area (Å²) in [5.41, 5.74) is 1.39. The van der Waals surface area contributed by atoms with Crippen LogP contribution in [0.1, 0.15) is 31.7 Å². The van der Waals surface area contributed by atoms with Crippen LogP contribution in [0.2, 0.25) is 0 Å². The number of benzene rings is 1. The maximum atomic E-state index is 2.27. The van der Waals surface area contributed by atoms with Crippen LogP contribution < -0.4 is 0 Å². The second-order valence-electron chi connectivity index (χ2n) is 3.62. The second-order valence-corrected chi connectivity index (χ2v) is 3.62. The Morgan fingerprint density at radius 2 is 1.53 bits per heavy atom. The van der Waals surface area contributed by atoms with Crippen LogP contribution in [0.5, 0.6) is 0 Å². The van der Waals surface area contributed by atoms with E-state index in [0.29, 0.717) is 0 Å². The second kappa shape index (κ2) is 8.05. The zero-order chi connectivity index (χ0) is 10.8. The molecule has 0 aromatic heterocycles. The molecule has 0 aliphatic heterocycles. The lowest BCUT2D eigenvalue weighted by molar-refractivity contribution is 1.03. The van der Waals surface area contributed by atoms with Crippen molar-refractivity contribution in [3.63, 3.8) is 0 Å². The summed E-state index contributed by atoms with van der Waals surface area (Å²) in [6.45, 7) is 2.17. The van der Waals surface area contributed by atoms with Gasteiger partial charge in [0.2, 0.25) is 0 Å². The van der Waals surface area contributed by atoms with Gasteiger partial charge in [-0.05, 0) is 31.2 Å². The highest BCUT2D eigenvalue weighted by atomic mass is 13.9. The van der Waals surface area contributed by atoms with Gasteiger partial charge in [0.25, 0.3) is 0 Å². The van der Waals surface area contributed by atoms with Gasteiger partial charge in [-0.15, -0.1) is 0 Å². The Morgan fingerprint density at radius 1 is 0.867 bits per heavy atom. The van der Waals surface area contributed by atoms with Gasteiger partial charge in [-0.3, -0.25) is 0 Å². The minimum absolute atomic E-state index is 1.05. The Kier molecular flexibility index (Phi) is 6.31. The van der Waals surface area contributed by atoms with Crippen LogP contribution in [0.15, 0.2) is 54.6 Å². The number of rotatable bonds is 6. The van der Waals surface area contributed by atoms with E-state index < -0.39 is 0 Å². The molecular weight excluding hydrogens is 180 g/mol. The predicted octanol–water partition coefficient (Wildman–Crippen LogP) is 4.53. The van der Waals surface area contributed by atoms with E-state index in [9.17, 15) is 0 Å². The summed E-state index contributed by atoms with van der Waals surface area (Å²) >= 11 is 0. The first-order valence-electron chi connectivity index (χ1n) is 5.77. The summed E-state index contributed by atoms with van der Waals surface area (Å²) in [4.78, 5) is 0. The molecule has 0 heteroatoms. The van der Waals surface area contributed by atoms with E-state index >= 15 is 0 Å². The Balaban J connectivity index is 2.15. The quantitative estimate of drug-likeness (QED) is 0.467. The zero-order valence-electron chi connectivity index (χ0n) is 9.52. The van der Waals surface area contributed by atoms with Crippen LogP contribution in [0.3, 0.4) is 0 Å². The topological polar surface area (TPSA) is 0 Å². The highest BCUT2D eigenvalue weighted by molar-refractivity contribution is 5.17. The summed E-state index contributed by atoms with van der Waals surface area (Å²) in [5, 5.41) is 0. The Morgan fingerprint density at radius 3 is 2.20 bits per heavy atom. The fourth-order valence-corrected chi connectivity index (χ4v) is 1.43. The van der Waals surface area contributed by atoms with E-state index in [1.807, 2.05) is 0 Å². The maximum Gasteiger partial charge on any atom is -0.00975 e. The van der Waals surface area contributed by atoms with Crippen LogP contribution in [0.25, 0.3) is 0 Å². The van der Waals surface area contributed by atoms with E-state index in [2.05, 4.69) is 61.6 Å². The van der Waals surface area contributed by atoms with E-state index in [1.165, 1.54) is 12.0 Å². The molecule has 0 radical (unpaired) electrons. The average Bonchev–Trinajstić information content (AvgIpc) is 2.29. The molecule has 0 saturated heterocycles. The molecule has 0 bridgehead atoms. The molecule has 1 aromatic carbocycles. The Bertz CT molecular complexity index is 293. The monoisotopic (exact) mass is 200 g/mol. The van der Waals surface area contributed by atoms with E-state index in [4.69, 9.17) is 0 Å². The molecule has 1 aromatic rings. The molecule has 80 valence electrons. The van der Waals surface area contributed by atoms with Crippen molar-refractivity contribution >= 4 is 0 Å². The minimum atomic E-state index is 1.05. The summed E-state index contributed by atoms with van der Waals surface area (Å²) in [6, 6.07) is 10.6. The van der Waals surface area contributed by atoms with Gasteiger partial charge in [0, 0.05) is 0 Å². The largest absolute Gasteiger partial charge is 0.0888 e. The lowest BCUT2D eigenvalue weighted by Crippen LogP contribution is -1.78. The first-order chi connectivity index (χ1) is 7.43. The summed E-state index contributed by atoms with van der Waals surface area (Å²) in [7, 11) is 0. The molecule has 0 saturated carbocycles. The van der Waals surface area contributed by atoms with E-state index in [-0.39, 0.29) is 0 Å². The number of allylic oxidation sites excluding steroid dienone is 4. The standard InChI is InChI=1S/C15H20/c1-2-3-4-5-6-7-9-12-15-13-10-8-11-14-15/h3-4,7-11,13-14H,2,5-6,12H2,1H3/b4-3+,9-7+. The fourth-order valence-electron chi connectivity index (χ4n) is 1.43. The molecular formula is C15H20. The molecule has 0 aliphatic rings. The molecule has 1 rings (SSSR count). The van der Waals surface area contributed by atoms with Crippen molar-refractivity contribution in [3.8, 4) is 0 Å². The molecule has 0 amide bonds. The number of unbranched alkanes of at least 4 members (excludes halogenated alkanes) is 1. The highest BCUT2D eigenvalue weighted by Crippen LogP contribution is 2.01. The van der Waals surface area contributed by atoms with Gasteiger partial charge in [0.05, 0.1) is 0 Å². The zero-order valence-corrected chi connectivity index (χ0v) is 9.52. The minimum Gasteiger partial charge on any atom is -0.0888 e. The van der Waals surface area contributed by atoms with Crippen LogP contribution >= 0.6 is 0 Å². The third-order valence-electron chi connectivity index (χ3n) is 2.27. The van der Waals surface area contributed by atoms with Crippen molar-refractivity contribution in [1.29, 1.82) is 0 Å². The molecule has 0 unspecified atom stereocenters. The molecule has 0 spiro atoms. The van der Waals surface area contributed by atoms with Gasteiger partial charge in [-0.2, -0.15) is 0 Å². The van der Waals surface area contributed by atoms with Crippen molar-refractivity contribution < 1.29 is 0 Å². The van der Waals surface area contributed by atoms with Gasteiger partial charge < -0.3 is 0 Å². The van der Waals surface area contributed by atoms with Crippen LogP contribution in [-0.4, -0.2) is 0 Å². The van der Waals surface area contributed by atoms with Gasteiger partial charge in [0.1, 0.15) is 0 Å². The third-order valence-corrected chi connectivity index (χ3v) is 2.27. The molecule has 0 nitrogen and oxygen atoms in total. The summed E-state index contributed by atoms with van der Waals surface area (Å²) in [6.07, 6.45) is 13.5. The first kappa shape index (κ1) is 11.8. The van der Waals surface area contributed by atoms with Crippen molar-refractivity contribution in [2.75, 3.05) is 0 Å². The van der Waals surface area contributed by atoms with Gasteiger partial charge >= 0.3 is 0 Å². The molecule has 0 atom stereocenters. The normalized spacial score (nSPS) is 11.5. The van der Waals surface area contributed by atoms with Crippen molar-refractivity contribution in [2.45, 2.75) is 32.6 Å². The van der Waals surface area contributed by atoms with Crippen LogP contribution in [0, 0.1) is 0 Å². The highest BCUT2D eigenvalue weighted by Gasteiger charge is 1.84. The summed E-state index contributed by atoms with van der Waals surface area (Å²) < 4.78 is 0. The molecule has 0 fully saturated rings. The van der Waals surface area contributed by atoms with Crippen molar-refractivity contribution in [3.05, 3.63) is 60.2 Å². The number of hydrogen-bond donors (Lipinski definition) is 0. The molecule has 0 N–H and O–H groups in total. The van der Waals surface area contributed by atoms with Gasteiger partial charge in [-0.1, -0.05) is 61.6 Å². The fraction of sp³-hybridized carbons (Fsp3) is 0.333. The smallest absolute Gasteiger partial charge is 0.00975 e. The lowest BCUT2D eigenvalue weighted by atomic mass is 10.1. The lowest BCUT2D eigenvalue weighted by Gasteiger charge is -1.93. The maximum absolute atomic E-state index is 2.27. The van der Waals surface area contributed by atoms with Gasteiger partial charge in [0.15, 0.2) is 0 Å². The molecule has 0 heterocycles. The number of hydrogen-bond acceptors (Lipinski definition) is 0. The van der Waals surface area contributed by atoms with Crippen LogP contribution in [-0.2, 0) is 6.42 Å². The Labute approximate surface area is 93.3 Å². The van der Waals surface area contributed by atoms with E-state index in [0.717, 1.165) is 19.3 Å². The molecule has 15 heavy (non-hydrogen) atoms. The van der Waals surface area contributed by atoms with Crippen molar-refractivity contribution in [1.82, 2.24) is 0 Å².